The van der Waals surface area contributed by atoms with Crippen LogP contribution in [0.25, 0.3) is 0 Å². The maximum absolute atomic E-state index is 10.8. The number of hydrogen-bond donors (Lipinski definition) is 0. The van der Waals surface area contributed by atoms with E-state index in [-0.39, 0.29) is 12.1 Å². The van der Waals surface area contributed by atoms with E-state index in [1.807, 2.05) is 13.8 Å². The molecule has 0 saturated heterocycles. The molecule has 0 aromatic rings. The fourth-order valence-electron chi connectivity index (χ4n) is 1.02. The maximum Gasteiger partial charge on any atom is 0.305 e. The summed E-state index contributed by atoms with van der Waals surface area (Å²) in [6.45, 7) is 7.99. The molecule has 0 amide bonds. The fourth-order valence-corrected chi connectivity index (χ4v) is 1.02. The van der Waals surface area contributed by atoms with Crippen LogP contribution < -0.4 is 0 Å². The van der Waals surface area contributed by atoms with Crippen LogP contribution in [-0.2, 0) is 9.53 Å². The molecule has 0 aliphatic rings. The summed E-state index contributed by atoms with van der Waals surface area (Å²) in [4.78, 5) is 10.8. The van der Waals surface area contributed by atoms with E-state index in [4.69, 9.17) is 4.74 Å². The van der Waals surface area contributed by atoms with Crippen LogP contribution in [0.1, 0.15) is 40.5 Å². The topological polar surface area (TPSA) is 26.3 Å². The van der Waals surface area contributed by atoms with Gasteiger partial charge >= 0.3 is 5.97 Å². The molecule has 0 N–H and O–H groups in total. The largest absolute Gasteiger partial charge is 0.463 e. The Bertz CT molecular complexity index is 119. The molecule has 1 unspecified atom stereocenters. The highest BCUT2D eigenvalue weighted by molar-refractivity contribution is 5.69. The number of hydrogen-bond acceptors (Lipinski definition) is 2. The van der Waals surface area contributed by atoms with Gasteiger partial charge in [-0.05, 0) is 19.3 Å². The van der Waals surface area contributed by atoms with Gasteiger partial charge in [-0.1, -0.05) is 20.8 Å². The molecule has 0 spiro atoms. The van der Waals surface area contributed by atoms with Gasteiger partial charge in [0.05, 0.1) is 6.10 Å². The molecule has 0 aromatic carbocycles. The van der Waals surface area contributed by atoms with Crippen molar-refractivity contribution in [2.75, 3.05) is 0 Å². The van der Waals surface area contributed by atoms with Gasteiger partial charge in [-0.15, -0.1) is 0 Å². The Morgan fingerprint density at radius 3 is 2.27 bits per heavy atom. The molecule has 11 heavy (non-hydrogen) atoms. The Hall–Kier alpha value is -0.530. The molecule has 0 bridgehead atoms. The van der Waals surface area contributed by atoms with Crippen molar-refractivity contribution in [3.05, 3.63) is 0 Å². The van der Waals surface area contributed by atoms with Gasteiger partial charge in [-0.25, -0.2) is 0 Å². The van der Waals surface area contributed by atoms with Crippen molar-refractivity contribution in [1.82, 2.24) is 0 Å². The third kappa shape index (κ3) is 5.89. The second-order valence-corrected chi connectivity index (χ2v) is 3.28. The van der Waals surface area contributed by atoms with Crippen LogP contribution in [-0.4, -0.2) is 12.1 Å². The predicted octanol–water partition coefficient (Wildman–Crippen LogP) is 2.37. The van der Waals surface area contributed by atoms with Crippen molar-refractivity contribution in [2.24, 2.45) is 5.92 Å². The molecule has 0 radical (unpaired) electrons. The van der Waals surface area contributed by atoms with E-state index < -0.39 is 0 Å². The normalized spacial score (nSPS) is 13.2. The van der Waals surface area contributed by atoms with Crippen molar-refractivity contribution in [2.45, 2.75) is 46.6 Å². The highest BCUT2D eigenvalue weighted by Crippen LogP contribution is 2.07. The molecule has 0 saturated carbocycles. The van der Waals surface area contributed by atoms with E-state index in [2.05, 4.69) is 13.8 Å². The van der Waals surface area contributed by atoms with Crippen molar-refractivity contribution < 1.29 is 9.53 Å². The van der Waals surface area contributed by atoms with Crippen LogP contribution in [0.5, 0.6) is 0 Å². The SMILES string of the molecule is CCC(=O)OC(C)CC(C)C. The number of carbonyl (C=O) groups is 1. The van der Waals surface area contributed by atoms with E-state index in [1.54, 1.807) is 0 Å². The number of ether oxygens (including phenoxy) is 1. The predicted molar refractivity (Wildman–Crippen MR) is 45.3 cm³/mol. The van der Waals surface area contributed by atoms with Crippen LogP contribution in [0.4, 0.5) is 0 Å². The Morgan fingerprint density at radius 2 is 1.91 bits per heavy atom. The summed E-state index contributed by atoms with van der Waals surface area (Å²) in [6, 6.07) is 0. The minimum Gasteiger partial charge on any atom is -0.463 e. The van der Waals surface area contributed by atoms with Crippen molar-refractivity contribution >= 4 is 5.97 Å². The van der Waals surface area contributed by atoms with E-state index in [0.717, 1.165) is 6.42 Å². The molecule has 0 aromatic heterocycles. The third-order valence-electron chi connectivity index (χ3n) is 1.42. The van der Waals surface area contributed by atoms with Crippen molar-refractivity contribution in [3.8, 4) is 0 Å². The third-order valence-corrected chi connectivity index (χ3v) is 1.42. The zero-order chi connectivity index (χ0) is 8.85. The van der Waals surface area contributed by atoms with Gasteiger partial charge < -0.3 is 4.74 Å². The van der Waals surface area contributed by atoms with Crippen LogP contribution >= 0.6 is 0 Å². The number of rotatable bonds is 4. The average molecular weight is 158 g/mol. The average Bonchev–Trinajstić information content (AvgIpc) is 1.85. The van der Waals surface area contributed by atoms with E-state index in [0.29, 0.717) is 12.3 Å². The van der Waals surface area contributed by atoms with Gasteiger partial charge in [-0.3, -0.25) is 4.79 Å². The zero-order valence-electron chi connectivity index (χ0n) is 7.89. The number of esters is 1. The second-order valence-electron chi connectivity index (χ2n) is 3.28. The molecule has 2 nitrogen and oxygen atoms in total. The molecule has 0 fully saturated rings. The molecule has 0 rings (SSSR count). The minimum absolute atomic E-state index is 0.0717. The summed E-state index contributed by atoms with van der Waals surface area (Å²) in [5.74, 6) is 0.493. The van der Waals surface area contributed by atoms with E-state index in [1.165, 1.54) is 0 Å². The van der Waals surface area contributed by atoms with E-state index >= 15 is 0 Å². The highest BCUT2D eigenvalue weighted by Gasteiger charge is 2.08. The lowest BCUT2D eigenvalue weighted by molar-refractivity contribution is -0.148. The van der Waals surface area contributed by atoms with Gasteiger partial charge in [0.1, 0.15) is 0 Å². The first-order valence-corrected chi connectivity index (χ1v) is 4.25. The molecule has 0 aliphatic heterocycles. The molecule has 0 heterocycles. The lowest BCUT2D eigenvalue weighted by atomic mass is 10.1. The standard InChI is InChI=1S/C9H18O2/c1-5-9(10)11-8(4)6-7(2)3/h7-8H,5-6H2,1-4H3. The first-order valence-electron chi connectivity index (χ1n) is 4.25. The Labute approximate surface area is 68.9 Å². The fraction of sp³-hybridized carbons (Fsp3) is 0.889. The van der Waals surface area contributed by atoms with Gasteiger partial charge in [0.25, 0.3) is 0 Å². The second kappa shape index (κ2) is 5.16. The smallest absolute Gasteiger partial charge is 0.305 e. The lowest BCUT2D eigenvalue weighted by Crippen LogP contribution is -2.15. The Balaban J connectivity index is 3.51. The van der Waals surface area contributed by atoms with Crippen LogP contribution in [0.3, 0.4) is 0 Å². The molecular weight excluding hydrogens is 140 g/mol. The van der Waals surface area contributed by atoms with Crippen molar-refractivity contribution in [3.63, 3.8) is 0 Å². The molecule has 66 valence electrons. The van der Waals surface area contributed by atoms with Gasteiger partial charge in [0.15, 0.2) is 0 Å². The summed E-state index contributed by atoms with van der Waals surface area (Å²) >= 11 is 0. The maximum atomic E-state index is 10.8. The summed E-state index contributed by atoms with van der Waals surface area (Å²) in [6.07, 6.45) is 1.50. The Kier molecular flexibility index (Phi) is 4.92. The first-order chi connectivity index (χ1) is 5.06. The molecule has 1 atom stereocenters. The van der Waals surface area contributed by atoms with Crippen LogP contribution in [0.2, 0.25) is 0 Å². The summed E-state index contributed by atoms with van der Waals surface area (Å²) in [5, 5.41) is 0. The molecule has 2 heteroatoms. The molecule has 0 aliphatic carbocycles. The van der Waals surface area contributed by atoms with Crippen molar-refractivity contribution in [1.29, 1.82) is 0 Å². The minimum atomic E-state index is -0.0989. The number of carbonyl (C=O) groups excluding carboxylic acids is 1. The highest BCUT2D eigenvalue weighted by atomic mass is 16.5. The zero-order valence-corrected chi connectivity index (χ0v) is 7.89. The quantitative estimate of drug-likeness (QED) is 0.587. The van der Waals surface area contributed by atoms with Gasteiger partial charge in [0.2, 0.25) is 0 Å². The first kappa shape index (κ1) is 10.5. The lowest BCUT2D eigenvalue weighted by Gasteiger charge is -2.14. The van der Waals surface area contributed by atoms with Crippen LogP contribution in [0, 0.1) is 5.92 Å². The monoisotopic (exact) mass is 158 g/mol. The molecular formula is C9H18O2. The summed E-state index contributed by atoms with van der Waals surface area (Å²) in [5.41, 5.74) is 0. The van der Waals surface area contributed by atoms with Crippen LogP contribution in [0.15, 0.2) is 0 Å². The summed E-state index contributed by atoms with van der Waals surface area (Å²) in [7, 11) is 0. The Morgan fingerprint density at radius 1 is 1.36 bits per heavy atom. The van der Waals surface area contributed by atoms with Gasteiger partial charge in [-0.2, -0.15) is 0 Å². The van der Waals surface area contributed by atoms with E-state index in [9.17, 15) is 4.79 Å². The summed E-state index contributed by atoms with van der Waals surface area (Å²) < 4.78 is 5.07. The van der Waals surface area contributed by atoms with Gasteiger partial charge in [0, 0.05) is 6.42 Å².